The minimum Gasteiger partial charge on any atom is -0.398 e. The van der Waals surface area contributed by atoms with Gasteiger partial charge in [0.2, 0.25) is 0 Å². The van der Waals surface area contributed by atoms with Gasteiger partial charge in [0.05, 0.1) is 6.42 Å². The van der Waals surface area contributed by atoms with Crippen LogP contribution in [0.1, 0.15) is 16.2 Å². The number of halogens is 1. The molecule has 1 aromatic carbocycles. The van der Waals surface area contributed by atoms with Crippen LogP contribution in [0.2, 0.25) is 0 Å². The number of benzene rings is 1. The van der Waals surface area contributed by atoms with Crippen molar-refractivity contribution in [1.82, 2.24) is 9.97 Å². The summed E-state index contributed by atoms with van der Waals surface area (Å²) in [5.41, 5.74) is 6.07. The second-order valence-corrected chi connectivity index (χ2v) is 3.37. The van der Waals surface area contributed by atoms with Crippen LogP contribution in [0.3, 0.4) is 0 Å². The van der Waals surface area contributed by atoms with Gasteiger partial charge in [-0.15, -0.1) is 0 Å². The van der Waals surface area contributed by atoms with E-state index in [-0.39, 0.29) is 23.5 Å². The molecule has 82 valence electrons. The lowest BCUT2D eigenvalue weighted by atomic mass is 10.1. The summed E-state index contributed by atoms with van der Waals surface area (Å²) in [6, 6.07) is 3.74. The molecule has 4 nitrogen and oxygen atoms in total. The molecule has 1 heterocycles. The van der Waals surface area contributed by atoms with Gasteiger partial charge in [-0.05, 0) is 18.2 Å². The Kier molecular flexibility index (Phi) is 2.68. The van der Waals surface area contributed by atoms with Crippen molar-refractivity contribution in [1.29, 1.82) is 0 Å². The Morgan fingerprint density at radius 1 is 1.50 bits per heavy atom. The van der Waals surface area contributed by atoms with Gasteiger partial charge in [0.15, 0.2) is 5.78 Å². The van der Waals surface area contributed by atoms with Crippen LogP contribution < -0.4 is 5.73 Å². The number of ketones is 1. The van der Waals surface area contributed by atoms with Crippen LogP contribution in [-0.4, -0.2) is 15.8 Å². The van der Waals surface area contributed by atoms with Crippen LogP contribution >= 0.6 is 0 Å². The van der Waals surface area contributed by atoms with Crippen LogP contribution in [0.4, 0.5) is 10.1 Å². The molecule has 0 aliphatic carbocycles. The molecule has 0 fully saturated rings. The Labute approximate surface area is 91.3 Å². The van der Waals surface area contributed by atoms with Crippen molar-refractivity contribution in [2.45, 2.75) is 6.42 Å². The average Bonchev–Trinajstić information content (AvgIpc) is 2.74. The molecule has 3 N–H and O–H groups in total. The number of imidazole rings is 1. The van der Waals surface area contributed by atoms with E-state index in [4.69, 9.17) is 5.73 Å². The fourth-order valence-electron chi connectivity index (χ4n) is 1.41. The van der Waals surface area contributed by atoms with Gasteiger partial charge < -0.3 is 10.7 Å². The summed E-state index contributed by atoms with van der Waals surface area (Å²) < 4.78 is 13.0. The lowest BCUT2D eigenvalue weighted by Gasteiger charge is -2.03. The number of anilines is 1. The third-order valence-corrected chi connectivity index (χ3v) is 2.20. The molecule has 0 radical (unpaired) electrons. The zero-order valence-corrected chi connectivity index (χ0v) is 8.40. The SMILES string of the molecule is Nc1ccc(F)cc1C(=O)Cc1ncc[nH]1. The van der Waals surface area contributed by atoms with Gasteiger partial charge in [0.25, 0.3) is 0 Å². The molecule has 0 bridgehead atoms. The highest BCUT2D eigenvalue weighted by molar-refractivity contribution is 6.01. The number of hydrogen-bond donors (Lipinski definition) is 2. The molecule has 2 rings (SSSR count). The number of hydrogen-bond acceptors (Lipinski definition) is 3. The molecular weight excluding hydrogens is 209 g/mol. The Bertz CT molecular complexity index is 508. The molecule has 2 aromatic rings. The first-order valence-electron chi connectivity index (χ1n) is 4.73. The van der Waals surface area contributed by atoms with Crippen molar-refractivity contribution in [2.75, 3.05) is 5.73 Å². The summed E-state index contributed by atoms with van der Waals surface area (Å²) in [7, 11) is 0. The van der Waals surface area contributed by atoms with E-state index in [1.165, 1.54) is 12.1 Å². The number of nitrogens with one attached hydrogen (secondary N) is 1. The van der Waals surface area contributed by atoms with Crippen molar-refractivity contribution in [3.63, 3.8) is 0 Å². The Balaban J connectivity index is 2.24. The van der Waals surface area contributed by atoms with Crippen molar-refractivity contribution >= 4 is 11.5 Å². The maximum atomic E-state index is 13.0. The highest BCUT2D eigenvalue weighted by Gasteiger charge is 2.12. The summed E-state index contributed by atoms with van der Waals surface area (Å²) in [5.74, 6) is -0.197. The maximum Gasteiger partial charge on any atom is 0.172 e. The molecule has 5 heteroatoms. The third kappa shape index (κ3) is 2.08. The highest BCUT2D eigenvalue weighted by Crippen LogP contribution is 2.15. The Morgan fingerprint density at radius 3 is 3.00 bits per heavy atom. The highest BCUT2D eigenvalue weighted by atomic mass is 19.1. The van der Waals surface area contributed by atoms with Crippen molar-refractivity contribution in [3.8, 4) is 0 Å². The lowest BCUT2D eigenvalue weighted by molar-refractivity contribution is 0.0991. The summed E-state index contributed by atoms with van der Waals surface area (Å²) in [6.07, 6.45) is 3.26. The minimum absolute atomic E-state index is 0.0840. The summed E-state index contributed by atoms with van der Waals surface area (Å²) in [6.45, 7) is 0. The fourth-order valence-corrected chi connectivity index (χ4v) is 1.41. The maximum absolute atomic E-state index is 13.0. The van der Waals surface area contributed by atoms with Gasteiger partial charge in [0.1, 0.15) is 11.6 Å². The summed E-state index contributed by atoms with van der Waals surface area (Å²) in [4.78, 5) is 18.5. The number of Topliss-reactive ketones (excluding diaryl/α,β-unsaturated/α-hetero) is 1. The van der Waals surface area contributed by atoms with E-state index in [0.717, 1.165) is 6.07 Å². The van der Waals surface area contributed by atoms with E-state index in [0.29, 0.717) is 5.82 Å². The number of nitrogen functional groups attached to an aromatic ring is 1. The largest absolute Gasteiger partial charge is 0.398 e. The van der Waals surface area contributed by atoms with Crippen molar-refractivity contribution < 1.29 is 9.18 Å². The van der Waals surface area contributed by atoms with Crippen molar-refractivity contribution in [3.05, 3.63) is 47.8 Å². The zero-order chi connectivity index (χ0) is 11.5. The predicted molar refractivity (Wildman–Crippen MR) is 57.4 cm³/mol. The van der Waals surface area contributed by atoms with Gasteiger partial charge in [0, 0.05) is 23.6 Å². The minimum atomic E-state index is -0.475. The second-order valence-electron chi connectivity index (χ2n) is 3.37. The molecule has 0 saturated carbocycles. The third-order valence-electron chi connectivity index (χ3n) is 2.20. The Hall–Kier alpha value is -2.17. The normalized spacial score (nSPS) is 10.3. The molecule has 0 aliphatic heterocycles. The van der Waals surface area contributed by atoms with Crippen LogP contribution in [0.25, 0.3) is 0 Å². The molecule has 0 amide bonds. The van der Waals surface area contributed by atoms with E-state index >= 15 is 0 Å². The number of nitrogens with zero attached hydrogens (tertiary/aromatic N) is 1. The van der Waals surface area contributed by atoms with E-state index in [1.807, 2.05) is 0 Å². The van der Waals surface area contributed by atoms with E-state index in [2.05, 4.69) is 9.97 Å². The number of aromatic nitrogens is 2. The number of nitrogens with two attached hydrogens (primary N) is 1. The van der Waals surface area contributed by atoms with Crippen LogP contribution in [0, 0.1) is 5.82 Å². The lowest BCUT2D eigenvalue weighted by Crippen LogP contribution is -2.08. The first kappa shape index (κ1) is 10.4. The number of H-pyrrole nitrogens is 1. The zero-order valence-electron chi connectivity index (χ0n) is 8.40. The molecule has 16 heavy (non-hydrogen) atoms. The van der Waals surface area contributed by atoms with E-state index in [1.54, 1.807) is 12.4 Å². The second kappa shape index (κ2) is 4.14. The molecular formula is C11H10FN3O. The summed E-state index contributed by atoms with van der Waals surface area (Å²) in [5, 5.41) is 0. The van der Waals surface area contributed by atoms with Crippen molar-refractivity contribution in [2.24, 2.45) is 0 Å². The molecule has 0 unspecified atom stereocenters. The molecule has 1 aromatic heterocycles. The van der Waals surface area contributed by atoms with Gasteiger partial charge in [-0.2, -0.15) is 0 Å². The fraction of sp³-hybridized carbons (Fsp3) is 0.0909. The van der Waals surface area contributed by atoms with Crippen LogP contribution in [0.5, 0.6) is 0 Å². The number of aromatic amines is 1. The smallest absolute Gasteiger partial charge is 0.172 e. The topological polar surface area (TPSA) is 71.8 Å². The molecule has 0 aliphatic rings. The summed E-state index contributed by atoms with van der Waals surface area (Å²) >= 11 is 0. The van der Waals surface area contributed by atoms with E-state index < -0.39 is 5.82 Å². The van der Waals surface area contributed by atoms with Gasteiger partial charge >= 0.3 is 0 Å². The predicted octanol–water partition coefficient (Wildman–Crippen LogP) is 1.56. The first-order chi connectivity index (χ1) is 7.66. The number of rotatable bonds is 3. The molecule has 0 spiro atoms. The standard InChI is InChI=1S/C11H10FN3O/c12-7-1-2-9(13)8(5-7)10(16)6-11-14-3-4-15-11/h1-5H,6,13H2,(H,14,15). The van der Waals surface area contributed by atoms with Gasteiger partial charge in [-0.1, -0.05) is 0 Å². The van der Waals surface area contributed by atoms with Gasteiger partial charge in [-0.3, -0.25) is 4.79 Å². The quantitative estimate of drug-likeness (QED) is 0.607. The molecule has 0 atom stereocenters. The molecule has 0 saturated heterocycles. The number of carbonyl (C=O) groups is 1. The monoisotopic (exact) mass is 219 g/mol. The van der Waals surface area contributed by atoms with Crippen LogP contribution in [-0.2, 0) is 6.42 Å². The van der Waals surface area contributed by atoms with Gasteiger partial charge in [-0.25, -0.2) is 9.37 Å². The van der Waals surface area contributed by atoms with Crippen LogP contribution in [0.15, 0.2) is 30.6 Å². The Morgan fingerprint density at radius 2 is 2.31 bits per heavy atom. The first-order valence-corrected chi connectivity index (χ1v) is 4.73. The number of carbonyl (C=O) groups excluding carboxylic acids is 1. The average molecular weight is 219 g/mol. The van der Waals surface area contributed by atoms with E-state index in [9.17, 15) is 9.18 Å².